The lowest BCUT2D eigenvalue weighted by atomic mass is 10.1. The number of hydrogen-bond acceptors (Lipinski definition) is 5. The van der Waals surface area contributed by atoms with Crippen molar-refractivity contribution in [1.82, 2.24) is 30.2 Å². The second-order valence-corrected chi connectivity index (χ2v) is 5.01. The van der Waals surface area contributed by atoms with Gasteiger partial charge in [0.25, 0.3) is 0 Å². The molecule has 0 saturated carbocycles. The summed E-state index contributed by atoms with van der Waals surface area (Å²) < 4.78 is 3.73. The zero-order chi connectivity index (χ0) is 14.8. The van der Waals surface area contributed by atoms with Crippen molar-refractivity contribution in [1.29, 1.82) is 0 Å². The van der Waals surface area contributed by atoms with E-state index >= 15 is 0 Å². The zero-order valence-corrected chi connectivity index (χ0v) is 12.2. The van der Waals surface area contributed by atoms with Gasteiger partial charge in [-0.15, -0.1) is 5.10 Å². The molecule has 1 unspecified atom stereocenters. The monoisotopic (exact) mass is 285 g/mol. The molecule has 0 fully saturated rings. The third-order valence-electron chi connectivity index (χ3n) is 3.61. The molecule has 2 heterocycles. The minimum Gasteiger partial charge on any atom is -0.270 e. The van der Waals surface area contributed by atoms with E-state index in [1.807, 2.05) is 34.6 Å². The number of nitrogens with zero attached hydrogens (tertiary/aromatic N) is 5. The van der Waals surface area contributed by atoms with Gasteiger partial charge in [0.2, 0.25) is 0 Å². The highest BCUT2D eigenvalue weighted by Gasteiger charge is 2.23. The van der Waals surface area contributed by atoms with Crippen molar-refractivity contribution in [2.75, 3.05) is 0 Å². The first-order valence-corrected chi connectivity index (χ1v) is 7.02. The molecule has 1 aromatic carbocycles. The normalized spacial score (nSPS) is 12.9. The molecule has 7 nitrogen and oxygen atoms in total. The largest absolute Gasteiger partial charge is 0.270 e. The lowest BCUT2D eigenvalue weighted by Gasteiger charge is -2.15. The smallest absolute Gasteiger partial charge is 0.109 e. The number of rotatable bonds is 5. The molecular formula is C14H19N7. The Labute approximate surface area is 122 Å². The molecule has 0 amide bonds. The van der Waals surface area contributed by atoms with Gasteiger partial charge in [0.1, 0.15) is 6.04 Å². The van der Waals surface area contributed by atoms with Crippen molar-refractivity contribution in [3.05, 3.63) is 41.9 Å². The van der Waals surface area contributed by atoms with Crippen LogP contribution in [0.4, 0.5) is 0 Å². The highest BCUT2D eigenvalue weighted by Crippen LogP contribution is 2.27. The van der Waals surface area contributed by atoms with E-state index in [2.05, 4.69) is 33.8 Å². The Kier molecular flexibility index (Phi) is 3.68. The van der Waals surface area contributed by atoms with E-state index in [1.165, 1.54) is 0 Å². The first kappa shape index (κ1) is 13.7. The number of hydrogen-bond donors (Lipinski definition) is 2. The fraction of sp³-hybridized carbons (Fsp3) is 0.357. The fourth-order valence-electron chi connectivity index (χ4n) is 2.63. The highest BCUT2D eigenvalue weighted by molar-refractivity contribution is 5.82. The number of nitrogens with two attached hydrogens (primary N) is 1. The zero-order valence-electron chi connectivity index (χ0n) is 12.2. The van der Waals surface area contributed by atoms with E-state index in [1.54, 1.807) is 6.20 Å². The van der Waals surface area contributed by atoms with Crippen LogP contribution in [0.15, 0.2) is 30.5 Å². The van der Waals surface area contributed by atoms with Crippen molar-refractivity contribution >= 4 is 10.9 Å². The second-order valence-electron chi connectivity index (χ2n) is 5.01. The minimum absolute atomic E-state index is 0.238. The van der Waals surface area contributed by atoms with Crippen LogP contribution in [0.1, 0.15) is 30.8 Å². The third kappa shape index (κ3) is 2.30. The van der Waals surface area contributed by atoms with Crippen LogP contribution in [0.3, 0.4) is 0 Å². The van der Waals surface area contributed by atoms with E-state index in [0.717, 1.165) is 35.3 Å². The van der Waals surface area contributed by atoms with E-state index in [4.69, 9.17) is 5.84 Å². The fourth-order valence-corrected chi connectivity index (χ4v) is 2.63. The molecule has 3 aromatic rings. The summed E-state index contributed by atoms with van der Waals surface area (Å²) in [5, 5.41) is 13.8. The van der Waals surface area contributed by atoms with Crippen LogP contribution in [-0.2, 0) is 13.6 Å². The average molecular weight is 285 g/mol. The maximum atomic E-state index is 5.79. The maximum Gasteiger partial charge on any atom is 0.109 e. The molecule has 0 aliphatic rings. The van der Waals surface area contributed by atoms with Gasteiger partial charge in [-0.2, -0.15) is 5.10 Å². The molecule has 3 rings (SSSR count). The summed E-state index contributed by atoms with van der Waals surface area (Å²) >= 11 is 0. The van der Waals surface area contributed by atoms with Crippen LogP contribution < -0.4 is 11.3 Å². The maximum absolute atomic E-state index is 5.79. The first-order valence-electron chi connectivity index (χ1n) is 7.02. The van der Waals surface area contributed by atoms with E-state index in [0.29, 0.717) is 0 Å². The van der Waals surface area contributed by atoms with Crippen LogP contribution in [0.25, 0.3) is 10.9 Å². The lowest BCUT2D eigenvalue weighted by Crippen LogP contribution is -2.31. The Morgan fingerprint density at radius 1 is 1.33 bits per heavy atom. The van der Waals surface area contributed by atoms with Crippen LogP contribution in [0.5, 0.6) is 0 Å². The SMILES string of the molecule is CCCn1nncc1C(NN)c1nn(C)c2ccccc12. The van der Waals surface area contributed by atoms with Crippen molar-refractivity contribution in [2.45, 2.75) is 25.9 Å². The number of nitrogens with one attached hydrogen (secondary N) is 1. The summed E-state index contributed by atoms with van der Waals surface area (Å²) in [5.74, 6) is 5.79. The van der Waals surface area contributed by atoms with Gasteiger partial charge in [0.05, 0.1) is 23.1 Å². The van der Waals surface area contributed by atoms with Gasteiger partial charge < -0.3 is 0 Å². The van der Waals surface area contributed by atoms with Crippen LogP contribution >= 0.6 is 0 Å². The molecular weight excluding hydrogens is 266 g/mol. The summed E-state index contributed by atoms with van der Waals surface area (Å²) in [5.41, 5.74) is 5.72. The summed E-state index contributed by atoms with van der Waals surface area (Å²) in [6.45, 7) is 2.91. The molecule has 0 aliphatic heterocycles. The van der Waals surface area contributed by atoms with Gasteiger partial charge in [-0.05, 0) is 12.5 Å². The second kappa shape index (κ2) is 5.63. The summed E-state index contributed by atoms with van der Waals surface area (Å²) in [6.07, 6.45) is 2.72. The Balaban J connectivity index is 2.12. The number of fused-ring (bicyclic) bond motifs is 1. The molecule has 0 radical (unpaired) electrons. The summed E-state index contributed by atoms with van der Waals surface area (Å²) in [4.78, 5) is 0. The minimum atomic E-state index is -0.238. The summed E-state index contributed by atoms with van der Waals surface area (Å²) in [7, 11) is 1.93. The number of benzene rings is 1. The van der Waals surface area contributed by atoms with Gasteiger partial charge in [0.15, 0.2) is 0 Å². The predicted molar refractivity (Wildman–Crippen MR) is 80.2 cm³/mol. The topological polar surface area (TPSA) is 86.6 Å². The van der Waals surface area contributed by atoms with Crippen molar-refractivity contribution in [3.63, 3.8) is 0 Å². The number of aryl methyl sites for hydroxylation is 2. The van der Waals surface area contributed by atoms with E-state index < -0.39 is 0 Å². The van der Waals surface area contributed by atoms with Crippen molar-refractivity contribution < 1.29 is 0 Å². The highest BCUT2D eigenvalue weighted by atomic mass is 15.4. The standard InChI is InChI=1S/C14H19N7/c1-3-8-21-12(9-16-19-21)14(17-15)13-10-6-4-5-7-11(10)20(2)18-13/h4-7,9,14,17H,3,8,15H2,1-2H3. The number of para-hydroxylation sites is 1. The Morgan fingerprint density at radius 3 is 2.90 bits per heavy atom. The molecule has 1 atom stereocenters. The van der Waals surface area contributed by atoms with Gasteiger partial charge in [-0.3, -0.25) is 10.5 Å². The Hall–Kier alpha value is -2.25. The van der Waals surface area contributed by atoms with Crippen LogP contribution in [0.2, 0.25) is 0 Å². The van der Waals surface area contributed by atoms with Gasteiger partial charge in [-0.25, -0.2) is 10.1 Å². The van der Waals surface area contributed by atoms with Crippen LogP contribution in [0, 0.1) is 0 Å². The third-order valence-corrected chi connectivity index (χ3v) is 3.61. The molecule has 0 saturated heterocycles. The Bertz CT molecular complexity index is 743. The molecule has 110 valence electrons. The summed E-state index contributed by atoms with van der Waals surface area (Å²) in [6, 6.07) is 7.86. The van der Waals surface area contributed by atoms with Crippen molar-refractivity contribution in [3.8, 4) is 0 Å². The molecule has 2 aromatic heterocycles. The van der Waals surface area contributed by atoms with E-state index in [-0.39, 0.29) is 6.04 Å². The first-order chi connectivity index (χ1) is 10.3. The number of hydrazine groups is 1. The van der Waals surface area contributed by atoms with Gasteiger partial charge in [0, 0.05) is 19.0 Å². The molecule has 21 heavy (non-hydrogen) atoms. The molecule has 0 spiro atoms. The predicted octanol–water partition coefficient (Wildman–Crippen LogP) is 1.13. The lowest BCUT2D eigenvalue weighted by molar-refractivity contribution is 0.505. The van der Waals surface area contributed by atoms with Gasteiger partial charge >= 0.3 is 0 Å². The average Bonchev–Trinajstić information content (AvgIpc) is 3.08. The van der Waals surface area contributed by atoms with Crippen molar-refractivity contribution in [2.24, 2.45) is 12.9 Å². The number of aromatic nitrogens is 5. The Morgan fingerprint density at radius 2 is 2.14 bits per heavy atom. The van der Waals surface area contributed by atoms with Gasteiger partial charge in [-0.1, -0.05) is 30.3 Å². The quantitative estimate of drug-likeness (QED) is 0.542. The molecule has 0 bridgehead atoms. The molecule has 7 heteroatoms. The van der Waals surface area contributed by atoms with E-state index in [9.17, 15) is 0 Å². The molecule has 3 N–H and O–H groups in total. The van der Waals surface area contributed by atoms with Crippen LogP contribution in [-0.4, -0.2) is 24.8 Å². The molecule has 0 aliphatic carbocycles.